The van der Waals surface area contributed by atoms with Crippen molar-refractivity contribution in [2.75, 3.05) is 33.2 Å². The van der Waals surface area contributed by atoms with Crippen LogP contribution in [0, 0.1) is 0 Å². The minimum atomic E-state index is -2.57. The number of likely N-dealkylation sites (N-methyl/N-ethyl adjacent to an activating group) is 1. The molecule has 0 unspecified atom stereocenters. The highest BCUT2D eigenvalue weighted by Gasteiger charge is 2.22. The van der Waals surface area contributed by atoms with Crippen LogP contribution in [0.3, 0.4) is 0 Å². The molecule has 1 saturated heterocycles. The van der Waals surface area contributed by atoms with Gasteiger partial charge in [-0.15, -0.1) is 0 Å². The van der Waals surface area contributed by atoms with Crippen LogP contribution < -0.4 is 0 Å². The van der Waals surface area contributed by atoms with Crippen LogP contribution in [-0.4, -0.2) is 64.2 Å². The number of rotatable bonds is 4. The smallest absolute Gasteiger partial charge is 0.291 e. The molecule has 8 heteroatoms. The normalized spacial score (nSPS) is 16.8. The molecule has 0 N–H and O–H groups in total. The van der Waals surface area contributed by atoms with Gasteiger partial charge in [-0.05, 0) is 43.9 Å². The van der Waals surface area contributed by atoms with Crippen molar-refractivity contribution in [2.45, 2.75) is 23.9 Å². The van der Waals surface area contributed by atoms with Gasteiger partial charge in [-0.2, -0.15) is 8.78 Å². The summed E-state index contributed by atoms with van der Waals surface area (Å²) in [5, 5.41) is 0.187. The summed E-state index contributed by atoms with van der Waals surface area (Å²) >= 11 is 0.383. The van der Waals surface area contributed by atoms with E-state index in [1.807, 2.05) is 24.1 Å². The number of hydrogen-bond donors (Lipinski definition) is 0. The summed E-state index contributed by atoms with van der Waals surface area (Å²) in [6.45, 7) is 3.20. The van der Waals surface area contributed by atoms with Gasteiger partial charge in [-0.3, -0.25) is 4.79 Å². The molecule has 0 bridgehead atoms. The van der Waals surface area contributed by atoms with Gasteiger partial charge in [-0.25, -0.2) is 4.98 Å². The number of thioether (sulfide) groups is 1. The van der Waals surface area contributed by atoms with E-state index >= 15 is 0 Å². The van der Waals surface area contributed by atoms with E-state index in [4.69, 9.17) is 0 Å². The summed E-state index contributed by atoms with van der Waals surface area (Å²) in [6.07, 6.45) is 0.922. The average molecular weight is 354 g/mol. The topological polar surface area (TPSA) is 41.4 Å². The van der Waals surface area contributed by atoms with Gasteiger partial charge in [0, 0.05) is 19.6 Å². The Bertz CT molecular complexity index is 721. The van der Waals surface area contributed by atoms with Crippen molar-refractivity contribution in [3.63, 3.8) is 0 Å². The number of carbonyl (C=O) groups excluding carboxylic acids is 1. The van der Waals surface area contributed by atoms with Crippen LogP contribution in [0.15, 0.2) is 29.4 Å². The van der Waals surface area contributed by atoms with Gasteiger partial charge in [0.2, 0.25) is 5.91 Å². The molecule has 1 aliphatic rings. The van der Waals surface area contributed by atoms with E-state index in [9.17, 15) is 13.6 Å². The fourth-order valence-corrected chi connectivity index (χ4v) is 3.51. The van der Waals surface area contributed by atoms with E-state index in [1.165, 1.54) is 0 Å². The highest BCUT2D eigenvalue weighted by molar-refractivity contribution is 7.99. The standard InChI is InChI=1S/C16H20F2N4OS/c1-20-7-4-8-21(10-9-20)14(23)11-22-13-6-3-2-5-12(13)19-16(22)24-15(17)18/h2-3,5-6,15H,4,7-11H2,1H3. The quantitative estimate of drug-likeness (QED) is 0.791. The van der Waals surface area contributed by atoms with Crippen molar-refractivity contribution in [2.24, 2.45) is 0 Å². The first kappa shape index (κ1) is 17.2. The van der Waals surface area contributed by atoms with Crippen molar-refractivity contribution in [1.29, 1.82) is 0 Å². The molecule has 1 aliphatic heterocycles. The van der Waals surface area contributed by atoms with Crippen LogP contribution in [0.2, 0.25) is 0 Å². The second kappa shape index (κ2) is 7.48. The number of aromatic nitrogens is 2. The summed E-state index contributed by atoms with van der Waals surface area (Å²) in [5.74, 6) is -2.62. The predicted octanol–water partition coefficient (Wildman–Crippen LogP) is 2.52. The van der Waals surface area contributed by atoms with Gasteiger partial charge >= 0.3 is 0 Å². The van der Waals surface area contributed by atoms with Gasteiger partial charge < -0.3 is 14.4 Å². The van der Waals surface area contributed by atoms with Crippen molar-refractivity contribution in [1.82, 2.24) is 19.4 Å². The molecule has 3 rings (SSSR count). The molecular weight excluding hydrogens is 334 g/mol. The summed E-state index contributed by atoms with van der Waals surface area (Å²) in [7, 11) is 2.04. The molecule has 0 atom stereocenters. The maximum Gasteiger partial charge on any atom is 0.291 e. The monoisotopic (exact) mass is 354 g/mol. The Morgan fingerprint density at radius 3 is 2.83 bits per heavy atom. The van der Waals surface area contributed by atoms with Crippen LogP contribution in [0.5, 0.6) is 0 Å². The third kappa shape index (κ3) is 3.87. The highest BCUT2D eigenvalue weighted by Crippen LogP contribution is 2.28. The number of fused-ring (bicyclic) bond motifs is 1. The fourth-order valence-electron chi connectivity index (χ4n) is 2.91. The van der Waals surface area contributed by atoms with Crippen LogP contribution in [-0.2, 0) is 11.3 Å². The molecule has 0 aliphatic carbocycles. The summed E-state index contributed by atoms with van der Waals surface area (Å²) in [6, 6.07) is 7.21. The maximum absolute atomic E-state index is 12.8. The predicted molar refractivity (Wildman–Crippen MR) is 90.3 cm³/mol. The molecule has 0 saturated carbocycles. The number of alkyl halides is 2. The lowest BCUT2D eigenvalue weighted by Crippen LogP contribution is -2.36. The lowest BCUT2D eigenvalue weighted by molar-refractivity contribution is -0.131. The molecule has 0 radical (unpaired) electrons. The van der Waals surface area contributed by atoms with E-state index in [0.29, 0.717) is 35.9 Å². The minimum absolute atomic E-state index is 0.0410. The number of hydrogen-bond acceptors (Lipinski definition) is 4. The third-order valence-corrected chi connectivity index (χ3v) is 4.88. The average Bonchev–Trinajstić information content (AvgIpc) is 2.72. The minimum Gasteiger partial charge on any atom is -0.340 e. The van der Waals surface area contributed by atoms with Gasteiger partial charge in [-0.1, -0.05) is 12.1 Å². The van der Waals surface area contributed by atoms with E-state index in [2.05, 4.69) is 9.88 Å². The Kier molecular flexibility index (Phi) is 5.35. The zero-order valence-corrected chi connectivity index (χ0v) is 14.3. The van der Waals surface area contributed by atoms with Gasteiger partial charge in [0.1, 0.15) is 6.54 Å². The van der Waals surface area contributed by atoms with Gasteiger partial charge in [0.15, 0.2) is 5.16 Å². The van der Waals surface area contributed by atoms with Crippen LogP contribution in [0.4, 0.5) is 8.78 Å². The first-order valence-corrected chi connectivity index (χ1v) is 8.79. The molecule has 2 aromatic rings. The zero-order valence-electron chi connectivity index (χ0n) is 13.5. The summed E-state index contributed by atoms with van der Waals surface area (Å²) in [5.41, 5.74) is 1.34. The van der Waals surface area contributed by atoms with Gasteiger partial charge in [0.25, 0.3) is 5.76 Å². The number of halogens is 2. The molecular formula is C16H20F2N4OS. The second-order valence-electron chi connectivity index (χ2n) is 5.89. The third-order valence-electron chi connectivity index (χ3n) is 4.18. The van der Waals surface area contributed by atoms with E-state index in [-0.39, 0.29) is 17.6 Å². The lowest BCUT2D eigenvalue weighted by atomic mass is 10.3. The maximum atomic E-state index is 12.8. The number of nitrogens with zero attached hydrogens (tertiary/aromatic N) is 4. The molecule has 130 valence electrons. The molecule has 1 aromatic heterocycles. The van der Waals surface area contributed by atoms with Crippen molar-refractivity contribution in [3.05, 3.63) is 24.3 Å². The Hall–Kier alpha value is -1.67. The van der Waals surface area contributed by atoms with Gasteiger partial charge in [0.05, 0.1) is 11.0 Å². The number of benzene rings is 1. The molecule has 2 heterocycles. The lowest BCUT2D eigenvalue weighted by Gasteiger charge is -2.21. The number of carbonyl (C=O) groups is 1. The molecule has 24 heavy (non-hydrogen) atoms. The molecule has 1 amide bonds. The zero-order chi connectivity index (χ0) is 17.1. The summed E-state index contributed by atoms with van der Waals surface area (Å²) in [4.78, 5) is 20.9. The Morgan fingerprint density at radius 1 is 1.25 bits per heavy atom. The van der Waals surface area contributed by atoms with Crippen molar-refractivity contribution in [3.8, 4) is 0 Å². The first-order chi connectivity index (χ1) is 11.5. The molecule has 1 aromatic carbocycles. The van der Waals surface area contributed by atoms with Crippen molar-refractivity contribution < 1.29 is 13.6 Å². The molecule has 0 spiro atoms. The van der Waals surface area contributed by atoms with E-state index < -0.39 is 5.76 Å². The summed E-state index contributed by atoms with van der Waals surface area (Å²) < 4.78 is 27.3. The molecule has 5 nitrogen and oxygen atoms in total. The fraction of sp³-hybridized carbons (Fsp3) is 0.500. The number of imidazole rings is 1. The van der Waals surface area contributed by atoms with Crippen LogP contribution in [0.25, 0.3) is 11.0 Å². The van der Waals surface area contributed by atoms with Crippen molar-refractivity contribution >= 4 is 28.7 Å². The second-order valence-corrected chi connectivity index (χ2v) is 6.84. The van der Waals surface area contributed by atoms with Crippen LogP contribution >= 0.6 is 11.8 Å². The SMILES string of the molecule is CN1CCCN(C(=O)Cn2c(SC(F)F)nc3ccccc32)CC1. The van der Waals surface area contributed by atoms with E-state index in [1.54, 1.807) is 16.7 Å². The first-order valence-electron chi connectivity index (χ1n) is 7.91. The van der Waals surface area contributed by atoms with Crippen LogP contribution in [0.1, 0.15) is 6.42 Å². The van der Waals surface area contributed by atoms with E-state index in [0.717, 1.165) is 19.5 Å². The Balaban J connectivity index is 1.83. The number of amides is 1. The largest absolute Gasteiger partial charge is 0.340 e. The molecule has 1 fully saturated rings. The Morgan fingerprint density at radius 2 is 2.04 bits per heavy atom. The Labute approximate surface area is 143 Å². The number of para-hydroxylation sites is 2. The highest BCUT2D eigenvalue weighted by atomic mass is 32.2.